The van der Waals surface area contributed by atoms with Crippen molar-refractivity contribution in [3.05, 3.63) is 18.2 Å². The molecule has 1 unspecified atom stereocenters. The van der Waals surface area contributed by atoms with E-state index in [2.05, 4.69) is 0 Å². The van der Waals surface area contributed by atoms with E-state index < -0.39 is 10.8 Å². The van der Waals surface area contributed by atoms with Gasteiger partial charge in [-0.05, 0) is 31.5 Å². The minimum atomic E-state index is -1.01. The molecule has 2 N–H and O–H groups in total. The molecule has 0 fully saturated rings. The average Bonchev–Trinajstić information content (AvgIpc) is 2.21. The van der Waals surface area contributed by atoms with Gasteiger partial charge in [0.25, 0.3) is 0 Å². The van der Waals surface area contributed by atoms with E-state index in [1.165, 1.54) is 0 Å². The highest BCUT2D eigenvalue weighted by Gasteiger charge is 2.08. The summed E-state index contributed by atoms with van der Waals surface area (Å²) in [6.07, 6.45) is 0.880. The Labute approximate surface area is 93.1 Å². The van der Waals surface area contributed by atoms with Gasteiger partial charge < -0.3 is 10.5 Å². The fourth-order valence-electron chi connectivity index (χ4n) is 1.26. The zero-order chi connectivity index (χ0) is 11.3. The zero-order valence-corrected chi connectivity index (χ0v) is 9.97. The normalized spacial score (nSPS) is 12.4. The summed E-state index contributed by atoms with van der Waals surface area (Å²) in [6.45, 7) is 4.52. The van der Waals surface area contributed by atoms with Gasteiger partial charge in [-0.3, -0.25) is 4.21 Å². The van der Waals surface area contributed by atoms with Gasteiger partial charge in [0.1, 0.15) is 5.75 Å². The van der Waals surface area contributed by atoms with Crippen LogP contribution in [0.5, 0.6) is 5.75 Å². The maximum atomic E-state index is 11.8. The van der Waals surface area contributed by atoms with E-state index in [1.807, 2.05) is 13.8 Å². The first-order chi connectivity index (χ1) is 7.19. The molecule has 0 heterocycles. The lowest BCUT2D eigenvalue weighted by Gasteiger charge is -2.08. The number of nitrogen functional groups attached to an aromatic ring is 1. The van der Waals surface area contributed by atoms with E-state index in [0.29, 0.717) is 22.9 Å². The van der Waals surface area contributed by atoms with Crippen molar-refractivity contribution in [1.29, 1.82) is 0 Å². The molecule has 0 radical (unpaired) electrons. The van der Waals surface area contributed by atoms with Crippen molar-refractivity contribution >= 4 is 16.5 Å². The molecule has 1 atom stereocenters. The standard InChI is InChI=1S/C11H17NO2S/c1-3-7-15(13)11-8-9(14-4-2)5-6-10(11)12/h5-6,8H,3-4,7,12H2,1-2H3. The lowest BCUT2D eigenvalue weighted by Crippen LogP contribution is -2.02. The van der Waals surface area contributed by atoms with Gasteiger partial charge in [-0.2, -0.15) is 0 Å². The van der Waals surface area contributed by atoms with E-state index in [1.54, 1.807) is 18.2 Å². The van der Waals surface area contributed by atoms with E-state index in [9.17, 15) is 4.21 Å². The second kappa shape index (κ2) is 5.75. The second-order valence-corrected chi connectivity index (χ2v) is 4.72. The van der Waals surface area contributed by atoms with Crippen molar-refractivity contribution in [3.8, 4) is 5.75 Å². The number of hydrogen-bond donors (Lipinski definition) is 1. The van der Waals surface area contributed by atoms with Crippen molar-refractivity contribution < 1.29 is 8.95 Å². The minimum Gasteiger partial charge on any atom is -0.494 e. The Morgan fingerprint density at radius 3 is 2.73 bits per heavy atom. The number of nitrogens with two attached hydrogens (primary N) is 1. The molecule has 84 valence electrons. The molecule has 1 rings (SSSR count). The van der Waals surface area contributed by atoms with Crippen LogP contribution in [0.25, 0.3) is 0 Å². The van der Waals surface area contributed by atoms with Crippen LogP contribution in [0, 0.1) is 0 Å². The summed E-state index contributed by atoms with van der Waals surface area (Å²) in [7, 11) is -1.01. The number of rotatable bonds is 5. The third kappa shape index (κ3) is 3.23. The zero-order valence-electron chi connectivity index (χ0n) is 9.16. The first-order valence-corrected chi connectivity index (χ1v) is 6.41. The Bertz CT molecular complexity index is 352. The van der Waals surface area contributed by atoms with E-state index in [-0.39, 0.29) is 0 Å². The Morgan fingerprint density at radius 2 is 2.13 bits per heavy atom. The van der Waals surface area contributed by atoms with E-state index in [0.717, 1.165) is 12.2 Å². The quantitative estimate of drug-likeness (QED) is 0.784. The number of anilines is 1. The topological polar surface area (TPSA) is 52.3 Å². The highest BCUT2D eigenvalue weighted by molar-refractivity contribution is 7.85. The molecule has 0 aliphatic carbocycles. The maximum absolute atomic E-state index is 11.8. The monoisotopic (exact) mass is 227 g/mol. The SMILES string of the molecule is CCCS(=O)c1cc(OCC)ccc1N. The molecule has 4 heteroatoms. The lowest BCUT2D eigenvalue weighted by atomic mass is 10.3. The smallest absolute Gasteiger partial charge is 0.120 e. The Morgan fingerprint density at radius 1 is 1.40 bits per heavy atom. The summed E-state index contributed by atoms with van der Waals surface area (Å²) >= 11 is 0. The van der Waals surface area contributed by atoms with E-state index >= 15 is 0 Å². The third-order valence-corrected chi connectivity index (χ3v) is 3.55. The van der Waals surface area contributed by atoms with Crippen molar-refractivity contribution in [3.63, 3.8) is 0 Å². The molecule has 0 amide bonds. The number of ether oxygens (including phenoxy) is 1. The molecule has 15 heavy (non-hydrogen) atoms. The van der Waals surface area contributed by atoms with Gasteiger partial charge in [0.05, 0.1) is 22.3 Å². The van der Waals surface area contributed by atoms with Gasteiger partial charge in [-0.1, -0.05) is 6.92 Å². The highest BCUT2D eigenvalue weighted by atomic mass is 32.2. The summed E-state index contributed by atoms with van der Waals surface area (Å²) in [5, 5.41) is 0. The van der Waals surface area contributed by atoms with Crippen LogP contribution in [0.3, 0.4) is 0 Å². The van der Waals surface area contributed by atoms with Crippen LogP contribution in [0.15, 0.2) is 23.1 Å². The van der Waals surface area contributed by atoms with E-state index in [4.69, 9.17) is 10.5 Å². The van der Waals surface area contributed by atoms with Gasteiger partial charge in [0, 0.05) is 11.4 Å². The molecule has 0 aliphatic rings. The Kier molecular flexibility index (Phi) is 4.62. The Hall–Kier alpha value is -1.03. The lowest BCUT2D eigenvalue weighted by molar-refractivity contribution is 0.339. The van der Waals surface area contributed by atoms with Crippen molar-refractivity contribution in [1.82, 2.24) is 0 Å². The summed E-state index contributed by atoms with van der Waals surface area (Å²) in [5.41, 5.74) is 6.34. The van der Waals surface area contributed by atoms with Gasteiger partial charge in [0.2, 0.25) is 0 Å². The van der Waals surface area contributed by atoms with Gasteiger partial charge in [0.15, 0.2) is 0 Å². The summed E-state index contributed by atoms with van der Waals surface area (Å²) in [6, 6.07) is 5.31. The van der Waals surface area contributed by atoms with Gasteiger partial charge in [-0.15, -0.1) is 0 Å². The van der Waals surface area contributed by atoms with Crippen molar-refractivity contribution in [2.45, 2.75) is 25.2 Å². The van der Waals surface area contributed by atoms with Crippen LogP contribution in [-0.2, 0) is 10.8 Å². The highest BCUT2D eigenvalue weighted by Crippen LogP contribution is 2.23. The predicted octanol–water partition coefficient (Wildman–Crippen LogP) is 2.19. The molecule has 0 spiro atoms. The molecule has 0 saturated heterocycles. The molecule has 0 bridgehead atoms. The predicted molar refractivity (Wildman–Crippen MR) is 63.6 cm³/mol. The molecule has 0 saturated carbocycles. The van der Waals surface area contributed by atoms with Crippen LogP contribution in [0.4, 0.5) is 5.69 Å². The Balaban J connectivity index is 2.94. The summed E-state index contributed by atoms with van der Waals surface area (Å²) < 4.78 is 17.1. The minimum absolute atomic E-state index is 0.574. The molecule has 1 aromatic rings. The maximum Gasteiger partial charge on any atom is 0.120 e. The first-order valence-electron chi connectivity index (χ1n) is 5.09. The molecule has 3 nitrogen and oxygen atoms in total. The largest absolute Gasteiger partial charge is 0.494 e. The molecule has 0 aromatic heterocycles. The molecular formula is C11H17NO2S. The number of hydrogen-bond acceptors (Lipinski definition) is 3. The molecule has 1 aromatic carbocycles. The second-order valence-electron chi connectivity index (χ2n) is 3.18. The third-order valence-electron chi connectivity index (χ3n) is 1.93. The van der Waals surface area contributed by atoms with Crippen LogP contribution in [0.2, 0.25) is 0 Å². The van der Waals surface area contributed by atoms with Crippen LogP contribution in [-0.4, -0.2) is 16.6 Å². The van der Waals surface area contributed by atoms with Gasteiger partial charge >= 0.3 is 0 Å². The first kappa shape index (κ1) is 12.0. The fourth-order valence-corrected chi connectivity index (χ4v) is 2.43. The van der Waals surface area contributed by atoms with Crippen LogP contribution >= 0.6 is 0 Å². The summed E-state index contributed by atoms with van der Waals surface area (Å²) in [5.74, 6) is 1.37. The average molecular weight is 227 g/mol. The molecular weight excluding hydrogens is 210 g/mol. The van der Waals surface area contributed by atoms with Crippen molar-refractivity contribution in [2.24, 2.45) is 0 Å². The van der Waals surface area contributed by atoms with Crippen LogP contribution < -0.4 is 10.5 Å². The summed E-state index contributed by atoms with van der Waals surface area (Å²) in [4.78, 5) is 0.683. The van der Waals surface area contributed by atoms with Gasteiger partial charge in [-0.25, -0.2) is 0 Å². The fraction of sp³-hybridized carbons (Fsp3) is 0.455. The number of benzene rings is 1. The van der Waals surface area contributed by atoms with Crippen LogP contribution in [0.1, 0.15) is 20.3 Å². The molecule has 0 aliphatic heterocycles. The van der Waals surface area contributed by atoms with Crippen molar-refractivity contribution in [2.75, 3.05) is 18.1 Å².